The Morgan fingerprint density at radius 1 is 1.00 bits per heavy atom. The van der Waals surface area contributed by atoms with Gasteiger partial charge in [0.25, 0.3) is 0 Å². The Balaban J connectivity index is 1.70. The fourth-order valence-electron chi connectivity index (χ4n) is 4.21. The first-order valence-electron chi connectivity index (χ1n) is 8.58. The van der Waals surface area contributed by atoms with E-state index < -0.39 is 0 Å². The van der Waals surface area contributed by atoms with Gasteiger partial charge in [0.05, 0.1) is 6.10 Å². The van der Waals surface area contributed by atoms with Crippen LogP contribution >= 0.6 is 0 Å². The third-order valence-corrected chi connectivity index (χ3v) is 5.37. The normalized spacial score (nSPS) is 30.9. The van der Waals surface area contributed by atoms with Gasteiger partial charge in [0.1, 0.15) is 0 Å². The lowest BCUT2D eigenvalue weighted by Gasteiger charge is -2.35. The average molecular weight is 267 g/mol. The van der Waals surface area contributed by atoms with E-state index in [-0.39, 0.29) is 6.10 Å². The van der Waals surface area contributed by atoms with Crippen LogP contribution in [0.25, 0.3) is 0 Å². The molecular formula is C17H33NO. The fourth-order valence-corrected chi connectivity index (χ4v) is 4.21. The molecule has 2 heteroatoms. The lowest BCUT2D eigenvalue weighted by Crippen LogP contribution is -2.44. The molecule has 2 saturated carbocycles. The largest absolute Gasteiger partial charge is 0.392 e. The van der Waals surface area contributed by atoms with Crippen molar-refractivity contribution in [3.63, 3.8) is 0 Å². The van der Waals surface area contributed by atoms with E-state index in [2.05, 4.69) is 19.2 Å². The zero-order valence-corrected chi connectivity index (χ0v) is 12.9. The Kier molecular flexibility index (Phi) is 6.15. The smallest absolute Gasteiger partial charge is 0.0667 e. The molecule has 0 aromatic carbocycles. The summed E-state index contributed by atoms with van der Waals surface area (Å²) in [6, 6.07) is 0.645. The van der Waals surface area contributed by atoms with Crippen LogP contribution in [-0.2, 0) is 0 Å². The van der Waals surface area contributed by atoms with Crippen LogP contribution in [0, 0.1) is 17.8 Å². The van der Waals surface area contributed by atoms with Gasteiger partial charge in [-0.25, -0.2) is 0 Å². The second-order valence-corrected chi connectivity index (χ2v) is 7.25. The van der Waals surface area contributed by atoms with Gasteiger partial charge in [-0.05, 0) is 37.0 Å². The molecule has 0 aliphatic heterocycles. The van der Waals surface area contributed by atoms with Crippen molar-refractivity contribution in [3.05, 3.63) is 0 Å². The first-order chi connectivity index (χ1) is 9.16. The monoisotopic (exact) mass is 267 g/mol. The summed E-state index contributed by atoms with van der Waals surface area (Å²) in [5.41, 5.74) is 0. The van der Waals surface area contributed by atoms with Crippen LogP contribution in [0.5, 0.6) is 0 Å². The minimum absolute atomic E-state index is 0.127. The van der Waals surface area contributed by atoms with Crippen LogP contribution in [-0.4, -0.2) is 23.8 Å². The SMILES string of the molecule is CC(C)C1CCCCC1NCC(O)CC1CCCC1. The van der Waals surface area contributed by atoms with Crippen molar-refractivity contribution in [2.24, 2.45) is 17.8 Å². The molecule has 3 atom stereocenters. The van der Waals surface area contributed by atoms with Crippen LogP contribution < -0.4 is 5.32 Å². The molecule has 2 nitrogen and oxygen atoms in total. The van der Waals surface area contributed by atoms with E-state index in [9.17, 15) is 5.11 Å². The zero-order valence-electron chi connectivity index (χ0n) is 12.9. The molecule has 3 unspecified atom stereocenters. The lowest BCUT2D eigenvalue weighted by molar-refractivity contribution is 0.121. The van der Waals surface area contributed by atoms with Crippen LogP contribution in [0.3, 0.4) is 0 Å². The van der Waals surface area contributed by atoms with E-state index in [0.717, 1.165) is 30.7 Å². The number of rotatable bonds is 6. The minimum atomic E-state index is -0.127. The number of hydrogen-bond acceptors (Lipinski definition) is 2. The molecular weight excluding hydrogens is 234 g/mol. The van der Waals surface area contributed by atoms with Crippen LogP contribution in [0.1, 0.15) is 71.6 Å². The molecule has 0 saturated heterocycles. The maximum atomic E-state index is 10.2. The number of nitrogens with one attached hydrogen (secondary N) is 1. The Hall–Kier alpha value is -0.0800. The number of aliphatic hydroxyl groups is 1. The Morgan fingerprint density at radius 2 is 1.63 bits per heavy atom. The predicted octanol–water partition coefficient (Wildman–Crippen LogP) is 3.73. The highest BCUT2D eigenvalue weighted by atomic mass is 16.3. The van der Waals surface area contributed by atoms with E-state index >= 15 is 0 Å². The van der Waals surface area contributed by atoms with Gasteiger partial charge in [-0.3, -0.25) is 0 Å². The molecule has 0 aromatic rings. The zero-order chi connectivity index (χ0) is 13.7. The van der Waals surface area contributed by atoms with Gasteiger partial charge in [0.2, 0.25) is 0 Å². The molecule has 0 aromatic heterocycles. The average Bonchev–Trinajstić information content (AvgIpc) is 2.89. The summed E-state index contributed by atoms with van der Waals surface area (Å²) in [6.45, 7) is 5.50. The lowest BCUT2D eigenvalue weighted by atomic mass is 9.78. The van der Waals surface area contributed by atoms with Gasteiger partial charge < -0.3 is 10.4 Å². The second-order valence-electron chi connectivity index (χ2n) is 7.25. The second kappa shape index (κ2) is 7.64. The Morgan fingerprint density at radius 3 is 2.32 bits per heavy atom. The molecule has 2 aliphatic carbocycles. The van der Waals surface area contributed by atoms with Gasteiger partial charge in [0, 0.05) is 12.6 Å². The molecule has 2 rings (SSSR count). The molecule has 0 spiro atoms. The van der Waals surface area contributed by atoms with Gasteiger partial charge in [0.15, 0.2) is 0 Å². The maximum absolute atomic E-state index is 10.2. The van der Waals surface area contributed by atoms with Crippen LogP contribution in [0.4, 0.5) is 0 Å². The highest BCUT2D eigenvalue weighted by molar-refractivity contribution is 4.84. The standard InChI is InChI=1S/C17H33NO/c1-13(2)16-9-5-6-10-17(16)18-12-15(19)11-14-7-3-4-8-14/h13-19H,3-12H2,1-2H3. The van der Waals surface area contributed by atoms with E-state index in [1.165, 1.54) is 51.4 Å². The first kappa shape index (κ1) is 15.3. The summed E-state index contributed by atoms with van der Waals surface area (Å²) in [5.74, 6) is 2.38. The predicted molar refractivity (Wildman–Crippen MR) is 81.2 cm³/mol. The van der Waals surface area contributed by atoms with Crippen molar-refractivity contribution in [2.75, 3.05) is 6.54 Å². The molecule has 2 aliphatic rings. The summed E-state index contributed by atoms with van der Waals surface area (Å²) in [4.78, 5) is 0. The van der Waals surface area contributed by atoms with Gasteiger partial charge in [-0.1, -0.05) is 52.4 Å². The molecule has 112 valence electrons. The maximum Gasteiger partial charge on any atom is 0.0667 e. The molecule has 0 bridgehead atoms. The summed E-state index contributed by atoms with van der Waals surface area (Å²) in [5, 5.41) is 13.9. The van der Waals surface area contributed by atoms with E-state index in [0.29, 0.717) is 6.04 Å². The van der Waals surface area contributed by atoms with Crippen molar-refractivity contribution >= 4 is 0 Å². The first-order valence-corrected chi connectivity index (χ1v) is 8.58. The summed E-state index contributed by atoms with van der Waals surface area (Å²) in [7, 11) is 0. The Labute approximate surface area is 119 Å². The molecule has 2 fully saturated rings. The molecule has 2 N–H and O–H groups in total. The topological polar surface area (TPSA) is 32.3 Å². The number of hydrogen-bond donors (Lipinski definition) is 2. The summed E-state index contributed by atoms with van der Waals surface area (Å²) >= 11 is 0. The van der Waals surface area contributed by atoms with Crippen molar-refractivity contribution in [1.29, 1.82) is 0 Å². The van der Waals surface area contributed by atoms with Gasteiger partial charge in [-0.15, -0.1) is 0 Å². The molecule has 0 heterocycles. The van der Waals surface area contributed by atoms with Gasteiger partial charge >= 0.3 is 0 Å². The number of aliphatic hydroxyl groups excluding tert-OH is 1. The third kappa shape index (κ3) is 4.75. The minimum Gasteiger partial charge on any atom is -0.392 e. The van der Waals surface area contributed by atoms with Gasteiger partial charge in [-0.2, -0.15) is 0 Å². The van der Waals surface area contributed by atoms with Crippen molar-refractivity contribution < 1.29 is 5.11 Å². The van der Waals surface area contributed by atoms with Crippen LogP contribution in [0.2, 0.25) is 0 Å². The summed E-state index contributed by atoms with van der Waals surface area (Å²) < 4.78 is 0. The molecule has 19 heavy (non-hydrogen) atoms. The highest BCUT2D eigenvalue weighted by Gasteiger charge is 2.28. The van der Waals surface area contributed by atoms with E-state index in [1.807, 2.05) is 0 Å². The Bertz CT molecular complexity index is 248. The van der Waals surface area contributed by atoms with E-state index in [1.54, 1.807) is 0 Å². The third-order valence-electron chi connectivity index (χ3n) is 5.37. The van der Waals surface area contributed by atoms with E-state index in [4.69, 9.17) is 0 Å². The quantitative estimate of drug-likeness (QED) is 0.768. The summed E-state index contributed by atoms with van der Waals surface area (Å²) in [6.07, 6.45) is 11.8. The van der Waals surface area contributed by atoms with Crippen molar-refractivity contribution in [3.8, 4) is 0 Å². The fraction of sp³-hybridized carbons (Fsp3) is 1.00. The van der Waals surface area contributed by atoms with Crippen molar-refractivity contribution in [1.82, 2.24) is 5.32 Å². The molecule has 0 amide bonds. The highest BCUT2D eigenvalue weighted by Crippen LogP contribution is 2.31. The van der Waals surface area contributed by atoms with Crippen LogP contribution in [0.15, 0.2) is 0 Å². The van der Waals surface area contributed by atoms with Crippen molar-refractivity contribution in [2.45, 2.75) is 83.8 Å². The molecule has 0 radical (unpaired) electrons.